The van der Waals surface area contributed by atoms with Gasteiger partial charge < -0.3 is 9.53 Å². The van der Waals surface area contributed by atoms with Gasteiger partial charge >= 0.3 is 0 Å². The van der Waals surface area contributed by atoms with Crippen LogP contribution in [0.25, 0.3) is 0 Å². The molecular formula is C10H22O2Si. The Morgan fingerprint density at radius 1 is 1.54 bits per heavy atom. The molecule has 2 atom stereocenters. The molecule has 1 rings (SSSR count). The van der Waals surface area contributed by atoms with Gasteiger partial charge in [-0.05, 0) is 32.5 Å². The molecule has 0 aliphatic carbocycles. The maximum Gasteiger partial charge on any atom is 0.189 e. The zero-order chi connectivity index (χ0) is 10.1. The zero-order valence-electron chi connectivity index (χ0n) is 9.26. The molecule has 0 aromatic carbocycles. The highest BCUT2D eigenvalue weighted by Crippen LogP contribution is 2.35. The van der Waals surface area contributed by atoms with Crippen molar-refractivity contribution in [3.63, 3.8) is 0 Å². The van der Waals surface area contributed by atoms with Crippen LogP contribution in [0.3, 0.4) is 0 Å². The lowest BCUT2D eigenvalue weighted by molar-refractivity contribution is -0.00676. The van der Waals surface area contributed by atoms with Gasteiger partial charge in [0.25, 0.3) is 0 Å². The highest BCUT2D eigenvalue weighted by atomic mass is 28.4. The minimum atomic E-state index is -1.58. The lowest BCUT2D eigenvalue weighted by Gasteiger charge is -2.43. The number of aliphatic hydroxyl groups is 1. The fourth-order valence-electron chi connectivity index (χ4n) is 2.50. The van der Waals surface area contributed by atoms with Crippen molar-refractivity contribution in [2.24, 2.45) is 0 Å². The first-order chi connectivity index (χ1) is 5.85. The second-order valence-corrected chi connectivity index (χ2v) is 9.27. The summed E-state index contributed by atoms with van der Waals surface area (Å²) in [6.45, 7) is 8.51. The van der Waals surface area contributed by atoms with Crippen LogP contribution in [-0.2, 0) is 4.43 Å². The number of hydrogen-bond donors (Lipinski definition) is 1. The van der Waals surface area contributed by atoms with Gasteiger partial charge in [-0.2, -0.15) is 0 Å². The molecule has 1 aliphatic heterocycles. The van der Waals surface area contributed by atoms with Gasteiger partial charge in [0.2, 0.25) is 0 Å². The SMILES string of the molecule is CCC[C@H]1C[C@@](C)(O)C[Si](C)(C)O1. The maximum absolute atomic E-state index is 10.1. The van der Waals surface area contributed by atoms with Gasteiger partial charge in [-0.1, -0.05) is 13.3 Å². The molecule has 3 heteroatoms. The Bertz CT molecular complexity index is 162. The van der Waals surface area contributed by atoms with Crippen LogP contribution >= 0.6 is 0 Å². The molecule has 1 heterocycles. The quantitative estimate of drug-likeness (QED) is 0.697. The van der Waals surface area contributed by atoms with Crippen molar-refractivity contribution in [3.05, 3.63) is 0 Å². The van der Waals surface area contributed by atoms with E-state index in [1.165, 1.54) is 0 Å². The topological polar surface area (TPSA) is 29.5 Å². The normalized spacial score (nSPS) is 39.0. The van der Waals surface area contributed by atoms with Crippen molar-refractivity contribution in [3.8, 4) is 0 Å². The third kappa shape index (κ3) is 3.41. The first kappa shape index (κ1) is 11.2. The van der Waals surface area contributed by atoms with E-state index in [-0.39, 0.29) is 0 Å². The van der Waals surface area contributed by atoms with E-state index >= 15 is 0 Å². The molecule has 0 aromatic heterocycles. The van der Waals surface area contributed by atoms with E-state index in [4.69, 9.17) is 4.43 Å². The lowest BCUT2D eigenvalue weighted by Crippen LogP contribution is -2.50. The first-order valence-corrected chi connectivity index (χ1v) is 8.36. The van der Waals surface area contributed by atoms with Crippen LogP contribution in [0.4, 0.5) is 0 Å². The van der Waals surface area contributed by atoms with E-state index in [0.29, 0.717) is 6.10 Å². The van der Waals surface area contributed by atoms with E-state index < -0.39 is 13.9 Å². The lowest BCUT2D eigenvalue weighted by atomic mass is 9.98. The second kappa shape index (κ2) is 3.71. The minimum Gasteiger partial charge on any atom is -0.414 e. The molecule has 78 valence electrons. The average molecular weight is 202 g/mol. The number of rotatable bonds is 2. The third-order valence-corrected chi connectivity index (χ3v) is 5.15. The molecule has 1 aliphatic rings. The summed E-state index contributed by atoms with van der Waals surface area (Å²) in [7, 11) is -1.58. The molecule has 1 saturated heterocycles. The Hall–Kier alpha value is 0.137. The van der Waals surface area contributed by atoms with E-state index in [0.717, 1.165) is 25.3 Å². The molecule has 0 aromatic rings. The van der Waals surface area contributed by atoms with Crippen LogP contribution in [-0.4, -0.2) is 25.1 Å². The summed E-state index contributed by atoms with van der Waals surface area (Å²) in [6.07, 6.45) is 3.35. The van der Waals surface area contributed by atoms with Crippen molar-refractivity contribution in [1.82, 2.24) is 0 Å². The molecule has 1 N–H and O–H groups in total. The Kier molecular flexibility index (Phi) is 3.20. The highest BCUT2D eigenvalue weighted by Gasteiger charge is 2.41. The fraction of sp³-hybridized carbons (Fsp3) is 1.00. The molecule has 13 heavy (non-hydrogen) atoms. The van der Waals surface area contributed by atoms with E-state index in [9.17, 15) is 5.11 Å². The Morgan fingerprint density at radius 2 is 2.15 bits per heavy atom. The van der Waals surface area contributed by atoms with Gasteiger partial charge in [-0.15, -0.1) is 0 Å². The van der Waals surface area contributed by atoms with Crippen molar-refractivity contribution >= 4 is 8.32 Å². The van der Waals surface area contributed by atoms with Gasteiger partial charge in [-0.3, -0.25) is 0 Å². The predicted molar refractivity (Wildman–Crippen MR) is 57.3 cm³/mol. The van der Waals surface area contributed by atoms with E-state index in [1.54, 1.807) is 0 Å². The summed E-state index contributed by atoms with van der Waals surface area (Å²) in [5.41, 5.74) is -0.478. The largest absolute Gasteiger partial charge is 0.414 e. The van der Waals surface area contributed by atoms with Gasteiger partial charge in [-0.25, -0.2) is 0 Å². The van der Waals surface area contributed by atoms with Crippen molar-refractivity contribution in [1.29, 1.82) is 0 Å². The fourth-order valence-corrected chi connectivity index (χ4v) is 5.66. The summed E-state index contributed by atoms with van der Waals surface area (Å²) in [5.74, 6) is 0. The summed E-state index contributed by atoms with van der Waals surface area (Å²) >= 11 is 0. The molecule has 1 fully saturated rings. The van der Waals surface area contributed by atoms with E-state index in [1.807, 2.05) is 6.92 Å². The minimum absolute atomic E-state index is 0.301. The smallest absolute Gasteiger partial charge is 0.189 e. The van der Waals surface area contributed by atoms with Crippen molar-refractivity contribution in [2.45, 2.75) is 64.0 Å². The van der Waals surface area contributed by atoms with Crippen molar-refractivity contribution < 1.29 is 9.53 Å². The van der Waals surface area contributed by atoms with E-state index in [2.05, 4.69) is 20.0 Å². The van der Waals surface area contributed by atoms with Gasteiger partial charge in [0.15, 0.2) is 8.32 Å². The van der Waals surface area contributed by atoms with Crippen LogP contribution in [0.5, 0.6) is 0 Å². The average Bonchev–Trinajstić information content (AvgIpc) is 1.78. The Balaban J connectivity index is 2.61. The summed E-state index contributed by atoms with van der Waals surface area (Å²) < 4.78 is 6.03. The Labute approximate surface area is 82.4 Å². The summed E-state index contributed by atoms with van der Waals surface area (Å²) in [5, 5.41) is 10.1. The highest BCUT2D eigenvalue weighted by molar-refractivity contribution is 6.71. The molecule has 0 bridgehead atoms. The van der Waals surface area contributed by atoms with Crippen molar-refractivity contribution in [2.75, 3.05) is 0 Å². The molecule has 0 unspecified atom stereocenters. The van der Waals surface area contributed by atoms with Crippen LogP contribution < -0.4 is 0 Å². The Morgan fingerprint density at radius 3 is 2.62 bits per heavy atom. The van der Waals surface area contributed by atoms with Gasteiger partial charge in [0.05, 0.1) is 5.60 Å². The first-order valence-electron chi connectivity index (χ1n) is 5.25. The third-order valence-electron chi connectivity index (χ3n) is 2.57. The molecule has 0 saturated carbocycles. The van der Waals surface area contributed by atoms with Gasteiger partial charge in [0, 0.05) is 12.5 Å². The molecule has 0 spiro atoms. The predicted octanol–water partition coefficient (Wildman–Crippen LogP) is 2.53. The standard InChI is InChI=1S/C10H22O2Si/c1-5-6-9-7-10(2,11)8-13(3,4)12-9/h9,11H,5-8H2,1-4H3/t9-,10+/m0/s1. The van der Waals surface area contributed by atoms with Crippen LogP contribution in [0, 0.1) is 0 Å². The second-order valence-electron chi connectivity index (χ2n) is 5.17. The molecular weight excluding hydrogens is 180 g/mol. The summed E-state index contributed by atoms with van der Waals surface area (Å²) in [4.78, 5) is 0. The monoisotopic (exact) mass is 202 g/mol. The van der Waals surface area contributed by atoms with Crippen LogP contribution in [0.2, 0.25) is 19.1 Å². The van der Waals surface area contributed by atoms with Crippen LogP contribution in [0.15, 0.2) is 0 Å². The molecule has 0 amide bonds. The molecule has 0 radical (unpaired) electrons. The van der Waals surface area contributed by atoms with Crippen LogP contribution in [0.1, 0.15) is 33.1 Å². The summed E-state index contributed by atoms with van der Waals surface area (Å²) in [6, 6.07) is 0.875. The number of hydrogen-bond acceptors (Lipinski definition) is 2. The molecule has 2 nitrogen and oxygen atoms in total. The maximum atomic E-state index is 10.1. The zero-order valence-corrected chi connectivity index (χ0v) is 10.3. The van der Waals surface area contributed by atoms with Gasteiger partial charge in [0.1, 0.15) is 0 Å².